The maximum atomic E-state index is 12.2. The quantitative estimate of drug-likeness (QED) is 0.389. The highest BCUT2D eigenvalue weighted by Gasteiger charge is 2.13. The van der Waals surface area contributed by atoms with Gasteiger partial charge in [-0.05, 0) is 61.5 Å². The molecule has 168 valence electrons. The summed E-state index contributed by atoms with van der Waals surface area (Å²) >= 11 is 0. The summed E-state index contributed by atoms with van der Waals surface area (Å²) in [5, 5.41) is 18.4. The maximum absolute atomic E-state index is 12.2. The van der Waals surface area contributed by atoms with Crippen molar-refractivity contribution in [1.29, 1.82) is 0 Å². The molecule has 0 bridgehead atoms. The fourth-order valence-electron chi connectivity index (χ4n) is 2.98. The Hall–Kier alpha value is -4.59. The van der Waals surface area contributed by atoms with Crippen LogP contribution in [0.25, 0.3) is 10.9 Å². The van der Waals surface area contributed by atoms with Gasteiger partial charge in [0.25, 0.3) is 5.91 Å². The average Bonchev–Trinajstić information content (AvgIpc) is 2.80. The second-order valence-corrected chi connectivity index (χ2v) is 6.85. The zero-order valence-electron chi connectivity index (χ0n) is 18.3. The Labute approximate surface area is 191 Å². The number of amides is 3. The number of pyridine rings is 1. The van der Waals surface area contributed by atoms with Gasteiger partial charge in [0, 0.05) is 29.9 Å². The number of allylic oxidation sites excluding steroid dienone is 4. The molecule has 3 amide bonds. The van der Waals surface area contributed by atoms with Crippen molar-refractivity contribution in [2.24, 2.45) is 0 Å². The predicted molar refractivity (Wildman–Crippen MR) is 129 cm³/mol. The van der Waals surface area contributed by atoms with E-state index in [9.17, 15) is 14.7 Å². The van der Waals surface area contributed by atoms with Crippen molar-refractivity contribution in [2.75, 3.05) is 12.4 Å². The van der Waals surface area contributed by atoms with Crippen molar-refractivity contribution in [3.63, 3.8) is 0 Å². The normalized spacial score (nSPS) is 11.3. The van der Waals surface area contributed by atoms with Crippen LogP contribution in [0.5, 0.6) is 17.2 Å². The lowest BCUT2D eigenvalue weighted by Gasteiger charge is -2.12. The standard InChI is InChI=1S/C25H24N4O4/c1-4-6-16(7-5-2)27-25(32)28-17-8-11-19(12-9-17)33-23-15-22(24(31)26-3)29-21-13-10-18(30)14-20(21)23/h4-15,30H,1H2,2-3H3,(H,26,31)(H2,27,28,32)/b7-5-,16-6+. The van der Waals surface area contributed by atoms with E-state index in [0.29, 0.717) is 33.8 Å². The molecule has 8 heteroatoms. The van der Waals surface area contributed by atoms with Crippen LogP contribution in [0.15, 0.2) is 85.1 Å². The van der Waals surface area contributed by atoms with Crippen LogP contribution in [0.2, 0.25) is 0 Å². The second kappa shape index (κ2) is 10.6. The Morgan fingerprint density at radius 3 is 2.55 bits per heavy atom. The maximum Gasteiger partial charge on any atom is 0.323 e. The Morgan fingerprint density at radius 1 is 1.12 bits per heavy atom. The number of carbonyl (C=O) groups is 2. The number of anilines is 1. The van der Waals surface area contributed by atoms with Crippen molar-refractivity contribution >= 4 is 28.5 Å². The van der Waals surface area contributed by atoms with Gasteiger partial charge in [0.1, 0.15) is 22.9 Å². The number of ether oxygens (including phenoxy) is 1. The zero-order chi connectivity index (χ0) is 23.8. The number of rotatable bonds is 7. The van der Waals surface area contributed by atoms with Gasteiger partial charge in [0.2, 0.25) is 0 Å². The topological polar surface area (TPSA) is 113 Å². The van der Waals surface area contributed by atoms with E-state index in [4.69, 9.17) is 4.74 Å². The lowest BCUT2D eigenvalue weighted by Crippen LogP contribution is -2.27. The van der Waals surface area contributed by atoms with E-state index >= 15 is 0 Å². The molecule has 1 aromatic heterocycles. The van der Waals surface area contributed by atoms with Gasteiger partial charge in [0.15, 0.2) is 0 Å². The van der Waals surface area contributed by atoms with E-state index in [1.807, 2.05) is 6.92 Å². The Morgan fingerprint density at radius 2 is 1.88 bits per heavy atom. The zero-order valence-corrected chi connectivity index (χ0v) is 18.3. The molecule has 0 spiro atoms. The Kier molecular flexibility index (Phi) is 7.43. The fraction of sp³-hybridized carbons (Fsp3) is 0.0800. The number of aromatic hydroxyl groups is 1. The molecule has 1 heterocycles. The summed E-state index contributed by atoms with van der Waals surface area (Å²) in [7, 11) is 1.52. The summed E-state index contributed by atoms with van der Waals surface area (Å²) in [6.07, 6.45) is 6.82. The first kappa shape index (κ1) is 23.1. The first-order valence-corrected chi connectivity index (χ1v) is 10.1. The van der Waals surface area contributed by atoms with Gasteiger partial charge in [-0.3, -0.25) is 4.79 Å². The number of hydrogen-bond donors (Lipinski definition) is 4. The number of fused-ring (bicyclic) bond motifs is 1. The molecule has 0 fully saturated rings. The number of carbonyl (C=O) groups excluding carboxylic acids is 2. The van der Waals surface area contributed by atoms with Crippen molar-refractivity contribution in [1.82, 2.24) is 15.6 Å². The van der Waals surface area contributed by atoms with Crippen molar-refractivity contribution < 1.29 is 19.4 Å². The summed E-state index contributed by atoms with van der Waals surface area (Å²) in [4.78, 5) is 28.6. The van der Waals surface area contributed by atoms with Gasteiger partial charge in [-0.15, -0.1) is 0 Å². The lowest BCUT2D eigenvalue weighted by atomic mass is 10.1. The van der Waals surface area contributed by atoms with Gasteiger partial charge < -0.3 is 25.8 Å². The van der Waals surface area contributed by atoms with Crippen LogP contribution < -0.4 is 20.7 Å². The smallest absolute Gasteiger partial charge is 0.323 e. The number of benzene rings is 2. The average molecular weight is 444 g/mol. The summed E-state index contributed by atoms with van der Waals surface area (Å²) in [6.45, 7) is 5.47. The molecule has 4 N–H and O–H groups in total. The van der Waals surface area contributed by atoms with E-state index in [1.54, 1.807) is 54.6 Å². The van der Waals surface area contributed by atoms with E-state index in [2.05, 4.69) is 27.5 Å². The number of nitrogens with one attached hydrogen (secondary N) is 3. The van der Waals surface area contributed by atoms with Gasteiger partial charge in [0.05, 0.1) is 5.52 Å². The number of phenolic OH excluding ortho intramolecular Hbond substituents is 1. The molecule has 0 saturated carbocycles. The molecule has 0 unspecified atom stereocenters. The van der Waals surface area contributed by atoms with E-state index in [-0.39, 0.29) is 17.4 Å². The highest BCUT2D eigenvalue weighted by Crippen LogP contribution is 2.32. The first-order valence-electron chi connectivity index (χ1n) is 10.1. The fourth-order valence-corrected chi connectivity index (χ4v) is 2.98. The predicted octanol–water partition coefficient (Wildman–Crippen LogP) is 4.86. The number of phenols is 1. The molecule has 0 aliphatic heterocycles. The molecule has 3 rings (SSSR count). The van der Waals surface area contributed by atoms with Gasteiger partial charge in [-0.1, -0.05) is 18.7 Å². The lowest BCUT2D eigenvalue weighted by molar-refractivity contribution is 0.0958. The molecule has 2 aromatic carbocycles. The molecule has 0 radical (unpaired) electrons. The highest BCUT2D eigenvalue weighted by atomic mass is 16.5. The van der Waals surface area contributed by atoms with Crippen molar-refractivity contribution in [2.45, 2.75) is 6.92 Å². The third kappa shape index (κ3) is 5.98. The summed E-state index contributed by atoms with van der Waals surface area (Å²) in [5.41, 5.74) is 1.85. The molecule has 0 saturated heterocycles. The number of urea groups is 1. The number of hydrogen-bond acceptors (Lipinski definition) is 5. The van der Waals surface area contributed by atoms with Crippen molar-refractivity contribution in [3.8, 4) is 17.2 Å². The first-order chi connectivity index (χ1) is 15.9. The molecule has 0 atom stereocenters. The van der Waals surface area contributed by atoms with Crippen LogP contribution in [0.3, 0.4) is 0 Å². The van der Waals surface area contributed by atoms with Crippen LogP contribution in [-0.4, -0.2) is 29.1 Å². The van der Waals surface area contributed by atoms with E-state index in [1.165, 1.54) is 25.2 Å². The highest BCUT2D eigenvalue weighted by molar-refractivity contribution is 5.97. The number of nitrogens with zero attached hydrogens (tertiary/aromatic N) is 1. The van der Waals surface area contributed by atoms with Gasteiger partial charge in [-0.2, -0.15) is 0 Å². The summed E-state index contributed by atoms with van der Waals surface area (Å²) in [6, 6.07) is 12.4. The Bertz CT molecular complexity index is 1250. The van der Waals surface area contributed by atoms with Crippen LogP contribution in [-0.2, 0) is 0 Å². The van der Waals surface area contributed by atoms with Crippen LogP contribution in [0.4, 0.5) is 10.5 Å². The monoisotopic (exact) mass is 444 g/mol. The van der Waals surface area contributed by atoms with Crippen molar-refractivity contribution in [3.05, 3.63) is 90.8 Å². The molecular formula is C25H24N4O4. The third-order valence-corrected chi connectivity index (χ3v) is 4.46. The minimum Gasteiger partial charge on any atom is -0.508 e. The van der Waals surface area contributed by atoms with Crippen LogP contribution in [0.1, 0.15) is 17.4 Å². The Balaban J connectivity index is 1.80. The second-order valence-electron chi connectivity index (χ2n) is 6.85. The molecule has 3 aromatic rings. The van der Waals surface area contributed by atoms with E-state index in [0.717, 1.165) is 0 Å². The minimum atomic E-state index is -0.402. The minimum absolute atomic E-state index is 0.0511. The number of aromatic nitrogens is 1. The van der Waals surface area contributed by atoms with Crippen LogP contribution in [0, 0.1) is 0 Å². The molecule has 0 aliphatic carbocycles. The molecule has 33 heavy (non-hydrogen) atoms. The molecular weight excluding hydrogens is 420 g/mol. The summed E-state index contributed by atoms with van der Waals surface area (Å²) < 4.78 is 5.98. The van der Waals surface area contributed by atoms with Crippen LogP contribution >= 0.6 is 0 Å². The largest absolute Gasteiger partial charge is 0.508 e. The molecule has 0 aliphatic rings. The van der Waals surface area contributed by atoms with Gasteiger partial charge >= 0.3 is 6.03 Å². The van der Waals surface area contributed by atoms with E-state index < -0.39 is 6.03 Å². The summed E-state index contributed by atoms with van der Waals surface area (Å²) in [5.74, 6) is 0.526. The SMILES string of the molecule is C=C/C=C(\C=C/C)NC(=O)Nc1ccc(Oc2cc(C(=O)NC)nc3ccc(O)cc23)cc1. The van der Waals surface area contributed by atoms with Gasteiger partial charge in [-0.25, -0.2) is 9.78 Å². The molecule has 8 nitrogen and oxygen atoms in total. The third-order valence-electron chi connectivity index (χ3n) is 4.46.